The molecule has 0 bridgehead atoms. The zero-order valence-corrected chi connectivity index (χ0v) is 10.6. The van der Waals surface area contributed by atoms with Crippen molar-refractivity contribution < 1.29 is 13.2 Å². The van der Waals surface area contributed by atoms with E-state index in [1.54, 1.807) is 6.07 Å². The third-order valence-corrected chi connectivity index (χ3v) is 2.69. The van der Waals surface area contributed by atoms with Gasteiger partial charge in [-0.25, -0.2) is 4.98 Å². The number of benzene rings is 1. The number of hydrogen-bond acceptors (Lipinski definition) is 5. The highest BCUT2D eigenvalue weighted by Gasteiger charge is 2.31. The highest BCUT2D eigenvalue weighted by molar-refractivity contribution is 5.69. The molecule has 0 amide bonds. The number of nitrogens with two attached hydrogens (primary N) is 2. The van der Waals surface area contributed by atoms with Crippen LogP contribution in [0.2, 0.25) is 0 Å². The number of nitrogens with zero attached hydrogens (tertiary/aromatic N) is 2. The van der Waals surface area contributed by atoms with Gasteiger partial charge >= 0.3 is 6.18 Å². The molecule has 8 heteroatoms. The van der Waals surface area contributed by atoms with Gasteiger partial charge in [0.2, 0.25) is 0 Å². The van der Waals surface area contributed by atoms with Crippen molar-refractivity contribution in [3.05, 3.63) is 41.5 Å². The number of nitrogens with one attached hydrogen (secondary N) is 1. The van der Waals surface area contributed by atoms with E-state index in [-0.39, 0.29) is 28.6 Å². The number of nitriles is 1. The Morgan fingerprint density at radius 3 is 2.43 bits per heavy atom. The summed E-state index contributed by atoms with van der Waals surface area (Å²) in [6.45, 7) is 0. The monoisotopic (exact) mass is 293 g/mol. The van der Waals surface area contributed by atoms with Crippen LogP contribution in [0, 0.1) is 11.3 Å². The molecule has 0 fully saturated rings. The first kappa shape index (κ1) is 14.5. The van der Waals surface area contributed by atoms with Crippen molar-refractivity contribution in [1.29, 1.82) is 5.26 Å². The quantitative estimate of drug-likeness (QED) is 0.790. The Balaban J connectivity index is 2.36. The second-order valence-corrected chi connectivity index (χ2v) is 4.17. The van der Waals surface area contributed by atoms with E-state index in [2.05, 4.69) is 10.3 Å². The molecule has 2 rings (SSSR count). The number of nitrogen functional groups attached to an aromatic ring is 2. The summed E-state index contributed by atoms with van der Waals surface area (Å²) in [5.74, 6) is 0.364. The molecule has 0 atom stereocenters. The molecular formula is C13H10F3N5. The molecular weight excluding hydrogens is 283 g/mol. The summed E-state index contributed by atoms with van der Waals surface area (Å²) in [7, 11) is 0. The molecule has 0 radical (unpaired) electrons. The van der Waals surface area contributed by atoms with Gasteiger partial charge in [0.25, 0.3) is 0 Å². The van der Waals surface area contributed by atoms with Crippen LogP contribution in [0.3, 0.4) is 0 Å². The number of pyridine rings is 1. The first-order valence-electron chi connectivity index (χ1n) is 5.71. The molecule has 108 valence electrons. The molecule has 5 nitrogen and oxygen atoms in total. The minimum Gasteiger partial charge on any atom is -0.396 e. The Labute approximate surface area is 118 Å². The van der Waals surface area contributed by atoms with Crippen molar-refractivity contribution in [3.8, 4) is 6.07 Å². The Hall–Kier alpha value is -2.95. The van der Waals surface area contributed by atoms with Crippen LogP contribution in [0.15, 0.2) is 30.3 Å². The molecule has 5 N–H and O–H groups in total. The van der Waals surface area contributed by atoms with E-state index in [0.29, 0.717) is 0 Å². The van der Waals surface area contributed by atoms with Crippen molar-refractivity contribution >= 4 is 23.0 Å². The van der Waals surface area contributed by atoms with Gasteiger partial charge in [-0.1, -0.05) is 0 Å². The molecule has 1 aromatic heterocycles. The van der Waals surface area contributed by atoms with Gasteiger partial charge in [-0.2, -0.15) is 18.4 Å². The maximum atomic E-state index is 12.6. The van der Waals surface area contributed by atoms with E-state index >= 15 is 0 Å². The molecule has 0 aliphatic heterocycles. The molecule has 0 aliphatic carbocycles. The van der Waals surface area contributed by atoms with Crippen molar-refractivity contribution in [2.24, 2.45) is 0 Å². The molecule has 0 aliphatic rings. The molecule has 0 saturated carbocycles. The van der Waals surface area contributed by atoms with Crippen LogP contribution in [-0.2, 0) is 6.18 Å². The SMILES string of the molecule is N#Cc1cc(C(F)(F)F)ccc1Nc1ccc(N)c(N)n1. The van der Waals surface area contributed by atoms with Crippen LogP contribution in [0.25, 0.3) is 0 Å². The molecule has 0 unspecified atom stereocenters. The van der Waals surface area contributed by atoms with Crippen LogP contribution in [0.1, 0.15) is 11.1 Å². The number of aromatic nitrogens is 1. The summed E-state index contributed by atoms with van der Waals surface area (Å²) in [4.78, 5) is 3.92. The van der Waals surface area contributed by atoms with Gasteiger partial charge in [-0.15, -0.1) is 0 Å². The number of halogens is 3. The summed E-state index contributed by atoms with van der Waals surface area (Å²) in [6.07, 6.45) is -4.51. The van der Waals surface area contributed by atoms with Crippen molar-refractivity contribution in [1.82, 2.24) is 4.98 Å². The van der Waals surface area contributed by atoms with Crippen molar-refractivity contribution in [2.45, 2.75) is 6.18 Å². The lowest BCUT2D eigenvalue weighted by molar-refractivity contribution is -0.137. The fourth-order valence-corrected chi connectivity index (χ4v) is 1.62. The third kappa shape index (κ3) is 3.14. The normalized spacial score (nSPS) is 11.0. The highest BCUT2D eigenvalue weighted by atomic mass is 19.4. The second kappa shape index (κ2) is 5.20. The van der Waals surface area contributed by atoms with Crippen LogP contribution < -0.4 is 16.8 Å². The summed E-state index contributed by atoms with van der Waals surface area (Å²) in [5.41, 5.74) is 10.5. The maximum absolute atomic E-state index is 12.6. The lowest BCUT2D eigenvalue weighted by Gasteiger charge is -2.11. The van der Waals surface area contributed by atoms with E-state index in [4.69, 9.17) is 16.7 Å². The fraction of sp³-hybridized carbons (Fsp3) is 0.0769. The lowest BCUT2D eigenvalue weighted by atomic mass is 10.1. The Morgan fingerprint density at radius 2 is 1.86 bits per heavy atom. The predicted octanol–water partition coefficient (Wildman–Crippen LogP) is 2.88. The zero-order chi connectivity index (χ0) is 15.6. The predicted molar refractivity (Wildman–Crippen MR) is 72.5 cm³/mol. The van der Waals surface area contributed by atoms with E-state index in [1.165, 1.54) is 12.1 Å². The first-order valence-corrected chi connectivity index (χ1v) is 5.71. The van der Waals surface area contributed by atoms with Gasteiger partial charge in [0.05, 0.1) is 22.5 Å². The van der Waals surface area contributed by atoms with Gasteiger partial charge in [0, 0.05) is 0 Å². The molecule has 1 aromatic carbocycles. The number of rotatable bonds is 2. The van der Waals surface area contributed by atoms with Crippen LogP contribution in [-0.4, -0.2) is 4.98 Å². The third-order valence-electron chi connectivity index (χ3n) is 2.69. The van der Waals surface area contributed by atoms with Gasteiger partial charge in [0.1, 0.15) is 17.7 Å². The standard InChI is InChI=1S/C13H10F3N5/c14-13(15,16)8-1-3-10(7(5-8)6-17)20-11-4-2-9(18)12(19)21-11/h1-5H,18H2,(H3,19,20,21). The molecule has 0 saturated heterocycles. The first-order chi connectivity index (χ1) is 9.81. The maximum Gasteiger partial charge on any atom is 0.416 e. The van der Waals surface area contributed by atoms with E-state index in [9.17, 15) is 13.2 Å². The van der Waals surface area contributed by atoms with Gasteiger partial charge in [-0.3, -0.25) is 0 Å². The zero-order valence-electron chi connectivity index (χ0n) is 10.6. The molecule has 1 heterocycles. The summed E-state index contributed by atoms with van der Waals surface area (Å²) >= 11 is 0. The molecule has 21 heavy (non-hydrogen) atoms. The largest absolute Gasteiger partial charge is 0.416 e. The Kier molecular flexibility index (Phi) is 3.58. The minimum absolute atomic E-state index is 0.0884. The van der Waals surface area contributed by atoms with Gasteiger partial charge in [0.15, 0.2) is 0 Å². The van der Waals surface area contributed by atoms with Crippen LogP contribution >= 0.6 is 0 Å². The molecule has 0 spiro atoms. The Morgan fingerprint density at radius 1 is 1.14 bits per heavy atom. The minimum atomic E-state index is -4.51. The summed E-state index contributed by atoms with van der Waals surface area (Å²) in [5, 5.41) is 11.7. The molecule has 2 aromatic rings. The summed E-state index contributed by atoms with van der Waals surface area (Å²) < 4.78 is 37.8. The topological polar surface area (TPSA) is 101 Å². The second-order valence-electron chi connectivity index (χ2n) is 4.17. The fourth-order valence-electron chi connectivity index (χ4n) is 1.62. The summed E-state index contributed by atoms with van der Waals surface area (Å²) in [6, 6.07) is 7.52. The average Bonchev–Trinajstić information content (AvgIpc) is 2.42. The number of hydrogen-bond donors (Lipinski definition) is 3. The van der Waals surface area contributed by atoms with Crippen LogP contribution in [0.5, 0.6) is 0 Å². The number of anilines is 4. The average molecular weight is 293 g/mol. The smallest absolute Gasteiger partial charge is 0.396 e. The van der Waals surface area contributed by atoms with Gasteiger partial charge < -0.3 is 16.8 Å². The van der Waals surface area contributed by atoms with Crippen molar-refractivity contribution in [3.63, 3.8) is 0 Å². The Bertz CT molecular complexity index is 719. The van der Waals surface area contributed by atoms with E-state index in [0.717, 1.165) is 18.2 Å². The van der Waals surface area contributed by atoms with Crippen molar-refractivity contribution in [2.75, 3.05) is 16.8 Å². The highest BCUT2D eigenvalue weighted by Crippen LogP contribution is 2.32. The number of alkyl halides is 3. The van der Waals surface area contributed by atoms with Crippen LogP contribution in [0.4, 0.5) is 36.2 Å². The van der Waals surface area contributed by atoms with E-state index in [1.807, 2.05) is 0 Å². The lowest BCUT2D eigenvalue weighted by Crippen LogP contribution is -2.06. The van der Waals surface area contributed by atoms with E-state index < -0.39 is 11.7 Å². The van der Waals surface area contributed by atoms with Gasteiger partial charge in [-0.05, 0) is 30.3 Å².